The molecule has 0 radical (unpaired) electrons. The van der Waals surface area contributed by atoms with Crippen LogP contribution in [0.1, 0.15) is 5.56 Å². The van der Waals surface area contributed by atoms with Gasteiger partial charge in [0.2, 0.25) is 0 Å². The highest BCUT2D eigenvalue weighted by Crippen LogP contribution is 2.31. The molecule has 1 aromatic rings. The number of methoxy groups -OCH3 is 1. The fraction of sp³-hybridized carbons (Fsp3) is 0.273. The number of alkyl halides is 3. The summed E-state index contributed by atoms with van der Waals surface area (Å²) in [5.41, 5.74) is -0.841. The van der Waals surface area contributed by atoms with Crippen molar-refractivity contribution >= 4 is 17.5 Å². The number of nitrogens with zero attached hydrogens (tertiary/aromatic N) is 2. The molecule has 5 nitrogen and oxygen atoms in total. The minimum atomic E-state index is -4.50. The van der Waals surface area contributed by atoms with Gasteiger partial charge in [-0.25, -0.2) is 4.79 Å². The molecule has 0 aliphatic carbocycles. The fourth-order valence-electron chi connectivity index (χ4n) is 1.35. The Hall–Kier alpha value is -2.25. The highest BCUT2D eigenvalue weighted by molar-refractivity contribution is 6.40. The fourth-order valence-corrected chi connectivity index (χ4v) is 1.35. The van der Waals surface area contributed by atoms with Crippen molar-refractivity contribution in [2.45, 2.75) is 6.18 Å². The lowest BCUT2D eigenvalue weighted by Crippen LogP contribution is -2.34. The molecule has 0 aliphatic heterocycles. The van der Waals surface area contributed by atoms with Crippen LogP contribution in [0.3, 0.4) is 0 Å². The number of amidine groups is 1. The van der Waals surface area contributed by atoms with E-state index in [1.807, 2.05) is 0 Å². The number of oxime groups is 1. The molecule has 19 heavy (non-hydrogen) atoms. The average Bonchev–Trinajstić information content (AvgIpc) is 2.38. The number of carbonyl (C=O) groups excluding carboxylic acids is 1. The molecule has 0 amide bonds. The maximum absolute atomic E-state index is 12.5. The summed E-state index contributed by atoms with van der Waals surface area (Å²) in [5.74, 6) is -1.50. The molecule has 0 unspecified atom stereocenters. The molecular weight excluding hydrogens is 265 g/mol. The lowest BCUT2D eigenvalue weighted by Gasteiger charge is -2.19. The summed E-state index contributed by atoms with van der Waals surface area (Å²) in [7, 11) is 2.34. The predicted molar refractivity (Wildman–Crippen MR) is 61.1 cm³/mol. The first kappa shape index (κ1) is 14.8. The van der Waals surface area contributed by atoms with Crippen molar-refractivity contribution in [3.05, 3.63) is 29.8 Å². The molecule has 0 fully saturated rings. The van der Waals surface area contributed by atoms with Gasteiger partial charge in [0.25, 0.3) is 5.84 Å². The first-order valence-corrected chi connectivity index (χ1v) is 5.02. The summed E-state index contributed by atoms with van der Waals surface area (Å²) in [4.78, 5) is 12.2. The molecule has 0 bridgehead atoms. The van der Waals surface area contributed by atoms with Crippen molar-refractivity contribution in [1.82, 2.24) is 0 Å². The van der Waals surface area contributed by atoms with E-state index in [0.717, 1.165) is 24.1 Å². The van der Waals surface area contributed by atoms with Crippen LogP contribution in [-0.4, -0.2) is 31.2 Å². The summed E-state index contributed by atoms with van der Waals surface area (Å²) >= 11 is 0. The van der Waals surface area contributed by atoms with Gasteiger partial charge >= 0.3 is 12.1 Å². The van der Waals surface area contributed by atoms with Gasteiger partial charge in [0, 0.05) is 12.7 Å². The van der Waals surface area contributed by atoms with Crippen LogP contribution in [-0.2, 0) is 15.7 Å². The van der Waals surface area contributed by atoms with Gasteiger partial charge in [0.05, 0.1) is 12.7 Å². The minimum absolute atomic E-state index is 0.0352. The van der Waals surface area contributed by atoms with Gasteiger partial charge < -0.3 is 14.8 Å². The third kappa shape index (κ3) is 3.36. The number of anilines is 1. The average molecular weight is 276 g/mol. The first-order chi connectivity index (χ1) is 8.81. The van der Waals surface area contributed by atoms with Gasteiger partial charge in [-0.3, -0.25) is 0 Å². The quantitative estimate of drug-likeness (QED) is 0.280. The number of likely N-dealkylation sites (N-methyl/N-ethyl adjacent to an activating group) is 1. The monoisotopic (exact) mass is 276 g/mol. The third-order valence-electron chi connectivity index (χ3n) is 2.34. The number of carbonyl (C=O) groups is 1. The van der Waals surface area contributed by atoms with Crippen molar-refractivity contribution in [3.63, 3.8) is 0 Å². The van der Waals surface area contributed by atoms with E-state index in [4.69, 9.17) is 5.21 Å². The molecule has 0 spiro atoms. The summed E-state index contributed by atoms with van der Waals surface area (Å²) in [5, 5.41) is 11.4. The molecule has 1 aromatic carbocycles. The number of hydrogen-bond donors (Lipinski definition) is 1. The second kappa shape index (κ2) is 5.59. The first-order valence-electron chi connectivity index (χ1n) is 5.02. The minimum Gasteiger partial charge on any atom is -0.463 e. The van der Waals surface area contributed by atoms with E-state index in [9.17, 15) is 18.0 Å². The number of rotatable bonds is 1. The Morgan fingerprint density at radius 3 is 2.53 bits per heavy atom. The van der Waals surface area contributed by atoms with Crippen LogP contribution in [0, 0.1) is 0 Å². The van der Waals surface area contributed by atoms with Gasteiger partial charge in [0.15, 0.2) is 0 Å². The van der Waals surface area contributed by atoms with Crippen molar-refractivity contribution in [2.75, 3.05) is 19.1 Å². The summed E-state index contributed by atoms with van der Waals surface area (Å²) < 4.78 is 42.0. The van der Waals surface area contributed by atoms with E-state index in [1.165, 1.54) is 19.2 Å². The Bertz CT molecular complexity index is 500. The Kier molecular flexibility index (Phi) is 4.36. The Labute approximate surface area is 106 Å². The summed E-state index contributed by atoms with van der Waals surface area (Å²) in [6.07, 6.45) is -4.50. The standard InChI is InChI=1S/C11H11F3N2O3/c1-16(9(15-18)10(17)19-2)8-5-3-4-7(6-8)11(12,13)14/h3-6,18H,1-2H3/b15-9-. The van der Waals surface area contributed by atoms with Crippen LogP contribution in [0.5, 0.6) is 0 Å². The number of halogens is 3. The van der Waals surface area contributed by atoms with Gasteiger partial charge in [-0.2, -0.15) is 13.2 Å². The van der Waals surface area contributed by atoms with E-state index in [-0.39, 0.29) is 5.69 Å². The van der Waals surface area contributed by atoms with Crippen LogP contribution in [0.4, 0.5) is 18.9 Å². The molecular formula is C11H11F3N2O3. The van der Waals surface area contributed by atoms with Gasteiger partial charge in [0.1, 0.15) is 0 Å². The Morgan fingerprint density at radius 1 is 1.42 bits per heavy atom. The SMILES string of the molecule is COC(=O)/C(=N/O)N(C)c1cccc(C(F)(F)F)c1. The van der Waals surface area contributed by atoms with Crippen LogP contribution in [0.25, 0.3) is 0 Å². The van der Waals surface area contributed by atoms with Gasteiger partial charge in [-0.05, 0) is 18.2 Å². The van der Waals surface area contributed by atoms with Crippen molar-refractivity contribution in [2.24, 2.45) is 5.16 Å². The van der Waals surface area contributed by atoms with E-state index < -0.39 is 23.5 Å². The zero-order valence-electron chi connectivity index (χ0n) is 10.1. The number of hydrogen-bond acceptors (Lipinski definition) is 4. The Balaban J connectivity index is 3.13. The largest absolute Gasteiger partial charge is 0.463 e. The molecule has 1 N–H and O–H groups in total. The number of esters is 1. The molecule has 0 atom stereocenters. The highest BCUT2D eigenvalue weighted by Gasteiger charge is 2.31. The van der Waals surface area contributed by atoms with Crippen LogP contribution in [0.2, 0.25) is 0 Å². The molecule has 0 heterocycles. The summed E-state index contributed by atoms with van der Waals surface area (Å²) in [6.45, 7) is 0. The van der Waals surface area contributed by atoms with Crippen molar-refractivity contribution in [3.8, 4) is 0 Å². The molecule has 1 rings (SSSR count). The van der Waals surface area contributed by atoms with Crippen LogP contribution >= 0.6 is 0 Å². The molecule has 104 valence electrons. The summed E-state index contributed by atoms with van der Waals surface area (Å²) in [6, 6.07) is 4.24. The van der Waals surface area contributed by atoms with E-state index in [2.05, 4.69) is 9.89 Å². The van der Waals surface area contributed by atoms with Crippen molar-refractivity contribution in [1.29, 1.82) is 0 Å². The molecule has 0 aliphatic rings. The Morgan fingerprint density at radius 2 is 2.05 bits per heavy atom. The second-order valence-corrected chi connectivity index (χ2v) is 3.52. The normalized spacial score (nSPS) is 12.2. The smallest absolute Gasteiger partial charge is 0.416 e. The number of benzene rings is 1. The third-order valence-corrected chi connectivity index (χ3v) is 2.34. The zero-order valence-corrected chi connectivity index (χ0v) is 10.1. The molecule has 0 saturated heterocycles. The second-order valence-electron chi connectivity index (χ2n) is 3.52. The highest BCUT2D eigenvalue weighted by atomic mass is 19.4. The molecule has 8 heteroatoms. The lowest BCUT2D eigenvalue weighted by molar-refractivity contribution is -0.137. The van der Waals surface area contributed by atoms with Crippen LogP contribution in [0.15, 0.2) is 29.4 Å². The maximum atomic E-state index is 12.5. The topological polar surface area (TPSA) is 62.1 Å². The number of ether oxygens (including phenoxy) is 1. The van der Waals surface area contributed by atoms with E-state index >= 15 is 0 Å². The van der Waals surface area contributed by atoms with E-state index in [1.54, 1.807) is 0 Å². The van der Waals surface area contributed by atoms with E-state index in [0.29, 0.717) is 0 Å². The van der Waals surface area contributed by atoms with Crippen molar-refractivity contribution < 1.29 is 27.9 Å². The van der Waals surface area contributed by atoms with Gasteiger partial charge in [-0.15, -0.1) is 0 Å². The molecule has 0 aromatic heterocycles. The van der Waals surface area contributed by atoms with Gasteiger partial charge in [-0.1, -0.05) is 11.2 Å². The van der Waals surface area contributed by atoms with Crippen LogP contribution < -0.4 is 4.90 Å². The maximum Gasteiger partial charge on any atom is 0.416 e. The predicted octanol–water partition coefficient (Wildman–Crippen LogP) is 2.10. The molecule has 0 saturated carbocycles. The zero-order chi connectivity index (χ0) is 14.6. The lowest BCUT2D eigenvalue weighted by atomic mass is 10.2.